The van der Waals surface area contributed by atoms with E-state index in [1.165, 1.54) is 11.1 Å². The Balaban J connectivity index is 1.30. The van der Waals surface area contributed by atoms with Crippen LogP contribution in [0.3, 0.4) is 0 Å². The number of rotatable bonds is 8. The Morgan fingerprint density at radius 2 is 1.97 bits per heavy atom. The maximum atomic E-state index is 13.2. The first-order chi connectivity index (χ1) is 18.5. The lowest BCUT2D eigenvalue weighted by atomic mass is 10.0. The molecule has 2 fully saturated rings. The third-order valence-corrected chi connectivity index (χ3v) is 7.21. The summed E-state index contributed by atoms with van der Waals surface area (Å²) in [5, 5.41) is 3.08. The van der Waals surface area contributed by atoms with Gasteiger partial charge in [0.2, 0.25) is 17.8 Å². The molecule has 5 rings (SSSR count). The quantitative estimate of drug-likeness (QED) is 0.488. The molecule has 2 aliphatic heterocycles. The molecule has 4 heterocycles. The largest absolute Gasteiger partial charge is 0.381 e. The number of amides is 2. The lowest BCUT2D eigenvalue weighted by Crippen LogP contribution is -2.57. The van der Waals surface area contributed by atoms with E-state index in [1.807, 2.05) is 17.9 Å². The second-order valence-electron chi connectivity index (χ2n) is 10.1. The summed E-state index contributed by atoms with van der Waals surface area (Å²) < 4.78 is 7.22. The number of carbonyl (C=O) groups excluding carboxylic acids is 2. The summed E-state index contributed by atoms with van der Waals surface area (Å²) in [6.07, 6.45) is 6.94. The number of nitrogens with zero attached hydrogens (tertiary/aromatic N) is 6. The lowest BCUT2D eigenvalue weighted by Gasteiger charge is -2.42. The zero-order valence-electron chi connectivity index (χ0n) is 22.0. The number of nitrogens with one attached hydrogen (secondary N) is 1. The van der Waals surface area contributed by atoms with Gasteiger partial charge in [-0.05, 0) is 32.3 Å². The van der Waals surface area contributed by atoms with Crippen LogP contribution in [0.5, 0.6) is 0 Å². The van der Waals surface area contributed by atoms with E-state index in [4.69, 9.17) is 9.72 Å². The van der Waals surface area contributed by atoms with Gasteiger partial charge in [-0.3, -0.25) is 14.2 Å². The van der Waals surface area contributed by atoms with Gasteiger partial charge in [0.15, 0.2) is 0 Å². The number of hydrogen-bond donors (Lipinski definition) is 1. The van der Waals surface area contributed by atoms with Crippen molar-refractivity contribution >= 4 is 17.6 Å². The number of carbonyl (C=O) groups is 2. The zero-order chi connectivity index (χ0) is 26.5. The van der Waals surface area contributed by atoms with Gasteiger partial charge in [-0.25, -0.2) is 9.97 Å². The molecule has 2 saturated heterocycles. The average Bonchev–Trinajstić information content (AvgIpc) is 3.64. The minimum atomic E-state index is -0.209. The summed E-state index contributed by atoms with van der Waals surface area (Å²) in [5.74, 6) is 1.26. The van der Waals surface area contributed by atoms with Gasteiger partial charge >= 0.3 is 0 Å². The molecule has 1 N–H and O–H groups in total. The number of benzene rings is 1. The fraction of sp³-hybridized carbons (Fsp3) is 0.464. The summed E-state index contributed by atoms with van der Waals surface area (Å²) in [5.41, 5.74) is 3.23. The molecule has 0 spiro atoms. The topological polar surface area (TPSA) is 105 Å². The van der Waals surface area contributed by atoms with E-state index in [-0.39, 0.29) is 30.2 Å². The van der Waals surface area contributed by atoms with Gasteiger partial charge in [0.25, 0.3) is 0 Å². The molecular formula is C28H35N7O3. The standard InChI is InChI=1S/C28H35N7O3/c1-20-3-5-22(6-4-20)7-9-30-26(36)16-24-17-33(27(37)23-8-14-38-18-23)12-13-35(24)25-15-21(2)31-28(32-25)34-11-10-29-19-34/h3-6,10-11,15,19,23-24H,7-9,12-14,16-18H2,1-2H3,(H,30,36). The van der Waals surface area contributed by atoms with Crippen molar-refractivity contribution in [3.63, 3.8) is 0 Å². The van der Waals surface area contributed by atoms with Gasteiger partial charge in [-0.15, -0.1) is 0 Å². The number of ether oxygens (including phenoxy) is 1. The highest BCUT2D eigenvalue weighted by Gasteiger charge is 2.35. The van der Waals surface area contributed by atoms with Crippen molar-refractivity contribution in [2.45, 2.75) is 39.2 Å². The van der Waals surface area contributed by atoms with Crippen LogP contribution in [0.15, 0.2) is 49.1 Å². The first-order valence-electron chi connectivity index (χ1n) is 13.3. The molecule has 2 aliphatic rings. The van der Waals surface area contributed by atoms with Crippen LogP contribution in [0.4, 0.5) is 5.82 Å². The second kappa shape index (κ2) is 11.7. The molecule has 2 aromatic heterocycles. The third kappa shape index (κ3) is 6.19. The van der Waals surface area contributed by atoms with Crippen LogP contribution in [0.2, 0.25) is 0 Å². The minimum absolute atomic E-state index is 0.0359. The fourth-order valence-electron chi connectivity index (χ4n) is 5.08. The van der Waals surface area contributed by atoms with Crippen molar-refractivity contribution < 1.29 is 14.3 Å². The number of aromatic nitrogens is 4. The first-order valence-corrected chi connectivity index (χ1v) is 13.3. The van der Waals surface area contributed by atoms with Crippen molar-refractivity contribution in [2.75, 3.05) is 44.3 Å². The molecule has 0 saturated carbocycles. The average molecular weight is 518 g/mol. The van der Waals surface area contributed by atoms with Gasteiger partial charge in [-0.2, -0.15) is 4.98 Å². The number of aryl methyl sites for hydroxylation is 2. The summed E-state index contributed by atoms with van der Waals surface area (Å²) in [4.78, 5) is 43.8. The maximum absolute atomic E-state index is 13.2. The van der Waals surface area contributed by atoms with E-state index in [1.54, 1.807) is 23.3 Å². The highest BCUT2D eigenvalue weighted by molar-refractivity contribution is 5.80. The monoisotopic (exact) mass is 517 g/mol. The molecule has 0 radical (unpaired) electrons. The Morgan fingerprint density at radius 1 is 1.13 bits per heavy atom. The number of imidazole rings is 1. The Labute approximate surface area is 223 Å². The lowest BCUT2D eigenvalue weighted by molar-refractivity contribution is -0.137. The van der Waals surface area contributed by atoms with Gasteiger partial charge in [0.05, 0.1) is 18.6 Å². The Bertz CT molecular complexity index is 1240. The Morgan fingerprint density at radius 3 is 2.71 bits per heavy atom. The number of anilines is 1. The predicted molar refractivity (Wildman–Crippen MR) is 143 cm³/mol. The number of hydrogen-bond acceptors (Lipinski definition) is 7. The van der Waals surface area contributed by atoms with E-state index >= 15 is 0 Å². The highest BCUT2D eigenvalue weighted by Crippen LogP contribution is 2.25. The van der Waals surface area contributed by atoms with Crippen LogP contribution in [0, 0.1) is 19.8 Å². The van der Waals surface area contributed by atoms with Crippen molar-refractivity contribution in [2.24, 2.45) is 5.92 Å². The van der Waals surface area contributed by atoms with Crippen LogP contribution < -0.4 is 10.2 Å². The van der Waals surface area contributed by atoms with Gasteiger partial charge in [0.1, 0.15) is 12.1 Å². The van der Waals surface area contributed by atoms with Crippen molar-refractivity contribution in [1.29, 1.82) is 0 Å². The molecule has 2 atom stereocenters. The van der Waals surface area contributed by atoms with Gasteiger partial charge in [-0.1, -0.05) is 29.8 Å². The molecule has 10 heteroatoms. The van der Waals surface area contributed by atoms with Crippen LogP contribution >= 0.6 is 0 Å². The second-order valence-corrected chi connectivity index (χ2v) is 10.1. The SMILES string of the molecule is Cc1ccc(CCNC(=O)CC2CN(C(=O)C3CCOC3)CCN2c2cc(C)nc(-n3ccnc3)n2)cc1. The zero-order valence-corrected chi connectivity index (χ0v) is 22.0. The molecule has 10 nitrogen and oxygen atoms in total. The van der Waals surface area contributed by atoms with Crippen LogP contribution in [-0.4, -0.2) is 81.7 Å². The smallest absolute Gasteiger partial charge is 0.237 e. The van der Waals surface area contributed by atoms with Crippen molar-refractivity contribution in [1.82, 2.24) is 29.7 Å². The maximum Gasteiger partial charge on any atom is 0.237 e. The molecule has 200 valence electrons. The summed E-state index contributed by atoms with van der Waals surface area (Å²) in [6, 6.07) is 10.1. The van der Waals surface area contributed by atoms with E-state index < -0.39 is 0 Å². The highest BCUT2D eigenvalue weighted by atomic mass is 16.5. The van der Waals surface area contributed by atoms with Gasteiger partial charge < -0.3 is 19.9 Å². The predicted octanol–water partition coefficient (Wildman–Crippen LogP) is 2.08. The van der Waals surface area contributed by atoms with Gasteiger partial charge in [0, 0.05) is 63.4 Å². The first kappa shape index (κ1) is 25.8. The molecular weight excluding hydrogens is 482 g/mol. The molecule has 0 bridgehead atoms. The molecule has 2 amide bonds. The number of piperazine rings is 1. The van der Waals surface area contributed by atoms with Crippen LogP contribution in [0.25, 0.3) is 5.95 Å². The molecule has 38 heavy (non-hydrogen) atoms. The Kier molecular flexibility index (Phi) is 7.97. The minimum Gasteiger partial charge on any atom is -0.381 e. The van der Waals surface area contributed by atoms with E-state index in [0.29, 0.717) is 45.3 Å². The van der Waals surface area contributed by atoms with E-state index in [2.05, 4.69) is 51.4 Å². The van der Waals surface area contributed by atoms with Crippen LogP contribution in [-0.2, 0) is 20.7 Å². The van der Waals surface area contributed by atoms with E-state index in [9.17, 15) is 9.59 Å². The Hall–Kier alpha value is -3.79. The van der Waals surface area contributed by atoms with E-state index in [0.717, 1.165) is 24.4 Å². The summed E-state index contributed by atoms with van der Waals surface area (Å²) >= 11 is 0. The third-order valence-electron chi connectivity index (χ3n) is 7.21. The summed E-state index contributed by atoms with van der Waals surface area (Å²) in [7, 11) is 0. The molecule has 0 aliphatic carbocycles. The fourth-order valence-corrected chi connectivity index (χ4v) is 5.08. The normalized spacial score (nSPS) is 19.5. The van der Waals surface area contributed by atoms with Crippen molar-refractivity contribution in [3.8, 4) is 5.95 Å². The summed E-state index contributed by atoms with van der Waals surface area (Å²) in [6.45, 7) is 7.27. The van der Waals surface area contributed by atoms with Crippen LogP contribution in [0.1, 0.15) is 29.7 Å². The molecule has 3 aromatic rings. The van der Waals surface area contributed by atoms with Crippen molar-refractivity contribution in [3.05, 3.63) is 65.9 Å². The molecule has 1 aromatic carbocycles. The molecule has 2 unspecified atom stereocenters.